The minimum absolute atomic E-state index is 0.0256. The molecule has 0 aromatic heterocycles. The van der Waals surface area contributed by atoms with Crippen LogP contribution in [0.3, 0.4) is 0 Å². The SMILES string of the molecule is C[C@]1(O)OC2OC3C4CC(C1C24)[C@@H]3O. The second-order valence-corrected chi connectivity index (χ2v) is 5.30. The first-order valence-electron chi connectivity index (χ1n) is 5.33. The summed E-state index contributed by atoms with van der Waals surface area (Å²) < 4.78 is 11.1. The van der Waals surface area contributed by atoms with Gasteiger partial charge in [0.1, 0.15) is 0 Å². The van der Waals surface area contributed by atoms with E-state index in [1.807, 2.05) is 0 Å². The van der Waals surface area contributed by atoms with Crippen molar-refractivity contribution in [1.29, 1.82) is 0 Å². The number of ether oxygens (including phenoxy) is 2. The molecule has 4 heteroatoms. The molecule has 8 atom stereocenters. The van der Waals surface area contributed by atoms with Crippen molar-refractivity contribution in [2.24, 2.45) is 23.7 Å². The summed E-state index contributed by atoms with van der Waals surface area (Å²) in [7, 11) is 0. The number of hydrogen-bond donors (Lipinski definition) is 2. The van der Waals surface area contributed by atoms with Gasteiger partial charge in [0, 0.05) is 11.8 Å². The maximum absolute atomic E-state index is 10.1. The van der Waals surface area contributed by atoms with E-state index >= 15 is 0 Å². The van der Waals surface area contributed by atoms with Crippen molar-refractivity contribution in [3.8, 4) is 0 Å². The Bertz CT molecular complexity index is 302. The molecule has 0 spiro atoms. The molecule has 2 aliphatic heterocycles. The van der Waals surface area contributed by atoms with Crippen LogP contribution < -0.4 is 0 Å². The average Bonchev–Trinajstić information content (AvgIpc) is 2.69. The van der Waals surface area contributed by atoms with Gasteiger partial charge in [0.15, 0.2) is 12.1 Å². The molecule has 2 aliphatic carbocycles. The lowest BCUT2D eigenvalue weighted by molar-refractivity contribution is -0.277. The predicted octanol–water partition coefficient (Wildman–Crippen LogP) is -0.307. The van der Waals surface area contributed by atoms with Crippen LogP contribution in [0.2, 0.25) is 0 Å². The van der Waals surface area contributed by atoms with E-state index in [2.05, 4.69) is 0 Å². The van der Waals surface area contributed by atoms with Crippen molar-refractivity contribution < 1.29 is 19.7 Å². The van der Waals surface area contributed by atoms with Gasteiger partial charge in [0.25, 0.3) is 0 Å². The zero-order valence-corrected chi connectivity index (χ0v) is 7.96. The van der Waals surface area contributed by atoms with Crippen molar-refractivity contribution in [2.45, 2.75) is 37.6 Å². The highest BCUT2D eigenvalue weighted by atomic mass is 16.8. The van der Waals surface area contributed by atoms with E-state index in [0.29, 0.717) is 11.8 Å². The normalized spacial score (nSPS) is 73.5. The van der Waals surface area contributed by atoms with Crippen LogP contribution in [0.15, 0.2) is 0 Å². The molecule has 2 heterocycles. The quantitative estimate of drug-likeness (QED) is 0.560. The van der Waals surface area contributed by atoms with Crippen molar-refractivity contribution in [3.63, 3.8) is 0 Å². The molecule has 4 aliphatic rings. The van der Waals surface area contributed by atoms with E-state index in [4.69, 9.17) is 9.47 Å². The second kappa shape index (κ2) is 2.02. The van der Waals surface area contributed by atoms with Gasteiger partial charge in [0.05, 0.1) is 12.2 Å². The summed E-state index contributed by atoms with van der Waals surface area (Å²) in [5, 5.41) is 20.1. The van der Waals surface area contributed by atoms with E-state index < -0.39 is 5.79 Å². The Morgan fingerprint density at radius 2 is 2.14 bits per heavy atom. The summed E-state index contributed by atoms with van der Waals surface area (Å²) in [5.74, 6) is -0.104. The lowest BCUT2D eigenvalue weighted by Gasteiger charge is -2.35. The fourth-order valence-electron chi connectivity index (χ4n) is 4.34. The van der Waals surface area contributed by atoms with Crippen LogP contribution in [0.5, 0.6) is 0 Å². The Labute approximate surface area is 81.8 Å². The molecule has 0 amide bonds. The van der Waals surface area contributed by atoms with E-state index in [9.17, 15) is 10.2 Å². The topological polar surface area (TPSA) is 58.9 Å². The fraction of sp³-hybridized carbons (Fsp3) is 1.00. The number of aliphatic hydroxyl groups excluding tert-OH is 1. The smallest absolute Gasteiger partial charge is 0.169 e. The molecule has 78 valence electrons. The van der Waals surface area contributed by atoms with Gasteiger partial charge < -0.3 is 19.7 Å². The lowest BCUT2D eigenvalue weighted by Crippen LogP contribution is -2.46. The third-order valence-electron chi connectivity index (χ3n) is 4.69. The third-order valence-corrected chi connectivity index (χ3v) is 4.69. The van der Waals surface area contributed by atoms with Crippen LogP contribution in [0.25, 0.3) is 0 Å². The molecule has 4 nitrogen and oxygen atoms in total. The van der Waals surface area contributed by atoms with Gasteiger partial charge in [-0.25, -0.2) is 0 Å². The van der Waals surface area contributed by atoms with Crippen LogP contribution >= 0.6 is 0 Å². The molecule has 0 aromatic carbocycles. The lowest BCUT2D eigenvalue weighted by atomic mass is 9.76. The first-order chi connectivity index (χ1) is 6.59. The zero-order chi connectivity index (χ0) is 9.66. The average molecular weight is 198 g/mol. The molecule has 2 N–H and O–H groups in total. The maximum atomic E-state index is 10.1. The molecule has 14 heavy (non-hydrogen) atoms. The number of aliphatic hydroxyl groups is 2. The summed E-state index contributed by atoms with van der Waals surface area (Å²) in [4.78, 5) is 0. The van der Waals surface area contributed by atoms with Gasteiger partial charge in [0.2, 0.25) is 0 Å². The third kappa shape index (κ3) is 0.634. The molecule has 6 unspecified atom stereocenters. The Kier molecular flexibility index (Phi) is 1.16. The number of rotatable bonds is 0. The highest BCUT2D eigenvalue weighted by Gasteiger charge is 2.73. The summed E-state index contributed by atoms with van der Waals surface area (Å²) in [6.07, 6.45) is 0.313. The first kappa shape index (κ1) is 8.05. The number of fused-ring (bicyclic) bond motifs is 2. The predicted molar refractivity (Wildman–Crippen MR) is 45.0 cm³/mol. The van der Waals surface area contributed by atoms with Crippen LogP contribution in [-0.4, -0.2) is 34.5 Å². The summed E-state index contributed by atoms with van der Waals surface area (Å²) in [6, 6.07) is 0. The van der Waals surface area contributed by atoms with Crippen LogP contribution in [0.4, 0.5) is 0 Å². The molecule has 2 saturated heterocycles. The Hall–Kier alpha value is -0.160. The fourth-order valence-corrected chi connectivity index (χ4v) is 4.34. The highest BCUT2D eigenvalue weighted by Crippen LogP contribution is 2.66. The first-order valence-corrected chi connectivity index (χ1v) is 5.33. The zero-order valence-electron chi connectivity index (χ0n) is 7.96. The van der Waals surface area contributed by atoms with Crippen LogP contribution in [0.1, 0.15) is 13.3 Å². The Morgan fingerprint density at radius 1 is 1.36 bits per heavy atom. The maximum Gasteiger partial charge on any atom is 0.169 e. The van der Waals surface area contributed by atoms with E-state index in [1.165, 1.54) is 0 Å². The van der Waals surface area contributed by atoms with Crippen molar-refractivity contribution in [1.82, 2.24) is 0 Å². The molecule has 2 saturated carbocycles. The largest absolute Gasteiger partial charge is 0.390 e. The minimum Gasteiger partial charge on any atom is -0.390 e. The van der Waals surface area contributed by atoms with Crippen LogP contribution in [0, 0.1) is 23.7 Å². The van der Waals surface area contributed by atoms with E-state index in [0.717, 1.165) is 6.42 Å². The number of hydrogen-bond acceptors (Lipinski definition) is 4. The van der Waals surface area contributed by atoms with Gasteiger partial charge in [-0.15, -0.1) is 0 Å². The Morgan fingerprint density at radius 3 is 2.93 bits per heavy atom. The molecular formula is C10H14O4. The van der Waals surface area contributed by atoms with E-state index in [-0.39, 0.29) is 30.3 Å². The van der Waals surface area contributed by atoms with Crippen LogP contribution in [-0.2, 0) is 9.47 Å². The van der Waals surface area contributed by atoms with Gasteiger partial charge in [-0.2, -0.15) is 0 Å². The molecule has 4 fully saturated rings. The van der Waals surface area contributed by atoms with Gasteiger partial charge in [-0.05, 0) is 25.2 Å². The molecule has 0 aromatic rings. The van der Waals surface area contributed by atoms with Crippen molar-refractivity contribution in [2.75, 3.05) is 0 Å². The van der Waals surface area contributed by atoms with Gasteiger partial charge in [-0.1, -0.05) is 0 Å². The second-order valence-electron chi connectivity index (χ2n) is 5.30. The summed E-state index contributed by atoms with van der Waals surface area (Å²) in [5.41, 5.74) is 0. The standard InChI is InChI=1S/C10H14O4/c1-10(12)6-4-2-3-5(6)9(14-10)13-8(3)7(4)11/h3-9,11-12H,2H2,1H3/t3?,4?,5?,6?,7-,8?,9?,10-/m0/s1. The monoisotopic (exact) mass is 198 g/mol. The minimum atomic E-state index is -1.10. The van der Waals surface area contributed by atoms with Crippen molar-refractivity contribution in [3.05, 3.63) is 0 Å². The van der Waals surface area contributed by atoms with E-state index in [1.54, 1.807) is 6.92 Å². The highest BCUT2D eigenvalue weighted by molar-refractivity contribution is 5.16. The molecule has 2 bridgehead atoms. The van der Waals surface area contributed by atoms with Gasteiger partial charge in [-0.3, -0.25) is 0 Å². The molecule has 0 radical (unpaired) electrons. The summed E-state index contributed by atoms with van der Waals surface area (Å²) >= 11 is 0. The van der Waals surface area contributed by atoms with Crippen molar-refractivity contribution >= 4 is 0 Å². The van der Waals surface area contributed by atoms with Gasteiger partial charge >= 0.3 is 0 Å². The molecule has 4 rings (SSSR count). The molecular weight excluding hydrogens is 184 g/mol. The Balaban J connectivity index is 1.86. The summed E-state index contributed by atoms with van der Waals surface area (Å²) in [6.45, 7) is 1.70.